The molecule has 2 fully saturated rings. The monoisotopic (exact) mass is 388 g/mol. The van der Waals surface area contributed by atoms with E-state index in [1.165, 1.54) is 4.31 Å². The van der Waals surface area contributed by atoms with Crippen molar-refractivity contribution in [1.29, 1.82) is 5.26 Å². The number of nitrogens with zero attached hydrogens (tertiary/aromatic N) is 4. The van der Waals surface area contributed by atoms with Crippen molar-refractivity contribution in [3.63, 3.8) is 0 Å². The molecular formula is C19H24N4O3S. The van der Waals surface area contributed by atoms with Crippen LogP contribution in [0.5, 0.6) is 0 Å². The predicted octanol–water partition coefficient (Wildman–Crippen LogP) is 1.41. The van der Waals surface area contributed by atoms with E-state index in [4.69, 9.17) is 0 Å². The Morgan fingerprint density at radius 3 is 2.19 bits per heavy atom. The Labute approximate surface area is 160 Å². The van der Waals surface area contributed by atoms with Crippen LogP contribution < -0.4 is 0 Å². The Hall–Kier alpha value is -2.37. The van der Waals surface area contributed by atoms with Crippen LogP contribution in [0.4, 0.5) is 0 Å². The fourth-order valence-electron chi connectivity index (χ4n) is 3.40. The number of likely N-dealkylation sites (tertiary alicyclic amines) is 1. The van der Waals surface area contributed by atoms with Gasteiger partial charge in [-0.2, -0.15) is 9.57 Å². The number of nitriles is 1. The average molecular weight is 388 g/mol. The summed E-state index contributed by atoms with van der Waals surface area (Å²) < 4.78 is 26.8. The zero-order chi connectivity index (χ0) is 19.3. The Morgan fingerprint density at radius 1 is 0.963 bits per heavy atom. The van der Waals surface area contributed by atoms with E-state index in [2.05, 4.69) is 0 Å². The van der Waals surface area contributed by atoms with Crippen LogP contribution in [0.3, 0.4) is 0 Å². The molecule has 0 unspecified atom stereocenters. The van der Waals surface area contributed by atoms with Gasteiger partial charge in [-0.3, -0.25) is 4.79 Å². The van der Waals surface area contributed by atoms with Crippen LogP contribution >= 0.6 is 0 Å². The summed E-state index contributed by atoms with van der Waals surface area (Å²) in [6, 6.07) is 10.4. The van der Waals surface area contributed by atoms with Gasteiger partial charge in [-0.25, -0.2) is 8.42 Å². The normalized spacial score (nSPS) is 19.6. The number of benzene rings is 1. The van der Waals surface area contributed by atoms with Crippen LogP contribution in [-0.4, -0.2) is 67.7 Å². The van der Waals surface area contributed by atoms with Crippen molar-refractivity contribution in [3.8, 4) is 6.07 Å². The minimum Gasteiger partial charge on any atom is -0.373 e. The number of carbonyl (C=O) groups excluding carboxylic acids is 1. The number of hydrogen-bond acceptors (Lipinski definition) is 5. The van der Waals surface area contributed by atoms with E-state index in [1.807, 2.05) is 11.0 Å². The molecule has 2 aliphatic rings. The van der Waals surface area contributed by atoms with Crippen LogP contribution in [0, 0.1) is 11.3 Å². The number of hydrogen-bond donors (Lipinski definition) is 0. The number of piperazine rings is 1. The molecule has 1 amide bonds. The largest absolute Gasteiger partial charge is 0.373 e. The first-order chi connectivity index (χ1) is 13.0. The number of amides is 1. The number of carbonyl (C=O) groups is 1. The first-order valence-corrected chi connectivity index (χ1v) is 10.7. The summed E-state index contributed by atoms with van der Waals surface area (Å²) in [5, 5.41) is 9.39. The Kier molecular flexibility index (Phi) is 6.14. The molecule has 0 N–H and O–H groups in total. The zero-order valence-electron chi connectivity index (χ0n) is 15.2. The van der Waals surface area contributed by atoms with Crippen molar-refractivity contribution in [2.75, 3.05) is 39.3 Å². The van der Waals surface area contributed by atoms with Gasteiger partial charge in [-0.05, 0) is 31.4 Å². The lowest BCUT2D eigenvalue weighted by Gasteiger charge is -2.33. The Morgan fingerprint density at radius 2 is 1.59 bits per heavy atom. The molecule has 0 aromatic heterocycles. The van der Waals surface area contributed by atoms with Crippen molar-refractivity contribution in [1.82, 2.24) is 14.1 Å². The molecule has 8 heteroatoms. The lowest BCUT2D eigenvalue weighted by molar-refractivity contribution is -0.127. The smallest absolute Gasteiger partial charge is 0.266 e. The van der Waals surface area contributed by atoms with Crippen LogP contribution in [0.25, 0.3) is 0 Å². The number of rotatable bonds is 4. The van der Waals surface area contributed by atoms with Crippen molar-refractivity contribution in [2.45, 2.75) is 24.2 Å². The van der Waals surface area contributed by atoms with E-state index in [0.29, 0.717) is 39.3 Å². The molecule has 2 aliphatic heterocycles. The minimum absolute atomic E-state index is 0.122. The average Bonchev–Trinajstić information content (AvgIpc) is 2.73. The maximum Gasteiger partial charge on any atom is 0.266 e. The molecule has 7 nitrogen and oxygen atoms in total. The van der Waals surface area contributed by atoms with E-state index in [9.17, 15) is 18.5 Å². The van der Waals surface area contributed by atoms with E-state index < -0.39 is 10.0 Å². The molecule has 2 saturated heterocycles. The maximum absolute atomic E-state index is 12.7. The second kappa shape index (κ2) is 8.55. The number of piperidine rings is 1. The zero-order valence-corrected chi connectivity index (χ0v) is 16.1. The van der Waals surface area contributed by atoms with Gasteiger partial charge in [0.15, 0.2) is 0 Å². The van der Waals surface area contributed by atoms with E-state index in [0.717, 1.165) is 19.3 Å². The Bertz CT molecular complexity index is 831. The highest BCUT2D eigenvalue weighted by molar-refractivity contribution is 7.89. The molecule has 1 aromatic rings. The van der Waals surface area contributed by atoms with Gasteiger partial charge in [0.25, 0.3) is 5.91 Å². The van der Waals surface area contributed by atoms with Gasteiger partial charge in [0, 0.05) is 45.5 Å². The molecule has 0 spiro atoms. The molecule has 0 saturated carbocycles. The molecule has 2 heterocycles. The van der Waals surface area contributed by atoms with Crippen molar-refractivity contribution >= 4 is 15.9 Å². The molecule has 0 aliphatic carbocycles. The minimum atomic E-state index is -3.51. The first-order valence-electron chi connectivity index (χ1n) is 9.23. The van der Waals surface area contributed by atoms with Gasteiger partial charge in [0.05, 0.1) is 4.90 Å². The summed E-state index contributed by atoms with van der Waals surface area (Å²) in [4.78, 5) is 16.4. The maximum atomic E-state index is 12.7. The van der Waals surface area contributed by atoms with Crippen LogP contribution in [0.1, 0.15) is 19.3 Å². The lowest BCUT2D eigenvalue weighted by Crippen LogP contribution is -2.47. The first kappa shape index (κ1) is 19.4. The van der Waals surface area contributed by atoms with Gasteiger partial charge < -0.3 is 9.80 Å². The van der Waals surface area contributed by atoms with Crippen molar-refractivity contribution in [2.24, 2.45) is 0 Å². The second-order valence-electron chi connectivity index (χ2n) is 6.76. The predicted molar refractivity (Wildman–Crippen MR) is 101 cm³/mol. The number of sulfonamides is 1. The fourth-order valence-corrected chi connectivity index (χ4v) is 4.84. The third-order valence-corrected chi connectivity index (χ3v) is 6.87. The molecule has 144 valence electrons. The third-order valence-electron chi connectivity index (χ3n) is 4.96. The summed E-state index contributed by atoms with van der Waals surface area (Å²) in [7, 11) is -3.51. The highest BCUT2D eigenvalue weighted by Gasteiger charge is 2.28. The summed E-state index contributed by atoms with van der Waals surface area (Å²) in [5.74, 6) is -0.225. The Balaban J connectivity index is 1.63. The van der Waals surface area contributed by atoms with E-state index >= 15 is 0 Å². The summed E-state index contributed by atoms with van der Waals surface area (Å²) in [6.07, 6.45) is 4.65. The molecule has 27 heavy (non-hydrogen) atoms. The molecule has 0 atom stereocenters. The van der Waals surface area contributed by atoms with E-state index in [-0.39, 0.29) is 16.4 Å². The van der Waals surface area contributed by atoms with Gasteiger partial charge in [-0.15, -0.1) is 0 Å². The fraction of sp³-hybridized carbons (Fsp3) is 0.474. The SMILES string of the molecule is N#C/C(=C/N1CCN(S(=O)(=O)c2ccccc2)CC1)C(=O)N1CCCCC1. The second-order valence-corrected chi connectivity index (χ2v) is 8.70. The summed E-state index contributed by atoms with van der Waals surface area (Å²) >= 11 is 0. The van der Waals surface area contributed by atoms with Gasteiger partial charge in [0.2, 0.25) is 10.0 Å². The topological polar surface area (TPSA) is 84.7 Å². The standard InChI is InChI=1S/C19H24N4O3S/c20-15-17(19(24)22-9-5-2-6-10-22)16-21-11-13-23(14-12-21)27(25,26)18-7-3-1-4-8-18/h1,3-4,7-8,16H,2,5-6,9-14H2/b17-16-. The lowest BCUT2D eigenvalue weighted by atomic mass is 10.1. The molecule has 0 radical (unpaired) electrons. The van der Waals surface area contributed by atoms with Gasteiger partial charge in [-0.1, -0.05) is 18.2 Å². The molecular weight excluding hydrogens is 364 g/mol. The van der Waals surface area contributed by atoms with Crippen molar-refractivity contribution in [3.05, 3.63) is 42.1 Å². The van der Waals surface area contributed by atoms with Gasteiger partial charge in [0.1, 0.15) is 11.6 Å². The molecule has 0 bridgehead atoms. The van der Waals surface area contributed by atoms with Crippen LogP contribution in [0.2, 0.25) is 0 Å². The molecule has 3 rings (SSSR count). The summed E-state index contributed by atoms with van der Waals surface area (Å²) in [6.45, 7) is 2.94. The van der Waals surface area contributed by atoms with Crippen LogP contribution in [0.15, 0.2) is 47.0 Å². The highest BCUT2D eigenvalue weighted by atomic mass is 32.2. The third kappa shape index (κ3) is 4.49. The van der Waals surface area contributed by atoms with Crippen molar-refractivity contribution < 1.29 is 13.2 Å². The summed E-state index contributed by atoms with van der Waals surface area (Å²) in [5.41, 5.74) is 0.122. The van der Waals surface area contributed by atoms with E-state index in [1.54, 1.807) is 41.4 Å². The van der Waals surface area contributed by atoms with Crippen LogP contribution in [-0.2, 0) is 14.8 Å². The quantitative estimate of drug-likeness (QED) is 0.575. The highest BCUT2D eigenvalue weighted by Crippen LogP contribution is 2.18. The van der Waals surface area contributed by atoms with Gasteiger partial charge >= 0.3 is 0 Å². The molecule has 1 aromatic carbocycles.